The third-order valence-corrected chi connectivity index (χ3v) is 6.66. The molecule has 0 radical (unpaired) electrons. The molecule has 1 saturated heterocycles. The van der Waals surface area contributed by atoms with Gasteiger partial charge in [-0.25, -0.2) is 0 Å². The largest absolute Gasteiger partial charge is 0.460 e. The van der Waals surface area contributed by atoms with Crippen LogP contribution in [0, 0.1) is 12.8 Å². The van der Waals surface area contributed by atoms with Crippen LogP contribution in [0.2, 0.25) is 10.0 Å². The molecule has 154 valence electrons. The van der Waals surface area contributed by atoms with Crippen molar-refractivity contribution < 1.29 is 9.21 Å². The first-order chi connectivity index (χ1) is 14.4. The summed E-state index contributed by atoms with van der Waals surface area (Å²) in [6, 6.07) is 12.4. The Bertz CT molecular complexity index is 1210. The van der Waals surface area contributed by atoms with Crippen LogP contribution in [0.5, 0.6) is 0 Å². The van der Waals surface area contributed by atoms with Gasteiger partial charge in [-0.1, -0.05) is 29.3 Å². The minimum atomic E-state index is -0.0472. The van der Waals surface area contributed by atoms with Gasteiger partial charge in [0.1, 0.15) is 11.5 Å². The highest BCUT2D eigenvalue weighted by molar-refractivity contribution is 6.36. The van der Waals surface area contributed by atoms with E-state index in [1.807, 2.05) is 15.5 Å². The molecule has 2 aliphatic rings. The number of carbonyl (C=O) groups excluding carboxylic acids is 1. The lowest BCUT2D eigenvalue weighted by Gasteiger charge is -2.42. The third-order valence-electron chi connectivity index (χ3n) is 6.11. The lowest BCUT2D eigenvalue weighted by Crippen LogP contribution is -2.49. The van der Waals surface area contributed by atoms with Crippen LogP contribution < -0.4 is 5.56 Å². The van der Waals surface area contributed by atoms with Gasteiger partial charge in [0.05, 0.1) is 10.6 Å². The van der Waals surface area contributed by atoms with Gasteiger partial charge in [-0.2, -0.15) is 0 Å². The quantitative estimate of drug-likeness (QED) is 0.561. The molecule has 1 amide bonds. The van der Waals surface area contributed by atoms with Crippen LogP contribution in [-0.2, 0) is 6.54 Å². The van der Waals surface area contributed by atoms with Crippen LogP contribution in [0.1, 0.15) is 34.2 Å². The summed E-state index contributed by atoms with van der Waals surface area (Å²) in [5.41, 5.74) is 2.31. The van der Waals surface area contributed by atoms with Crippen LogP contribution in [-0.4, -0.2) is 28.5 Å². The molecule has 2 aromatic heterocycles. The number of piperidine rings is 1. The Kier molecular flexibility index (Phi) is 4.75. The molecular weight excluding hydrogens is 423 g/mol. The van der Waals surface area contributed by atoms with Gasteiger partial charge in [-0.3, -0.25) is 9.59 Å². The molecule has 30 heavy (non-hydrogen) atoms. The molecule has 5 nitrogen and oxygen atoms in total. The summed E-state index contributed by atoms with van der Waals surface area (Å²) in [7, 11) is 0. The summed E-state index contributed by atoms with van der Waals surface area (Å²) in [5.74, 6) is 1.51. The average Bonchev–Trinajstić information content (AvgIpc) is 3.09. The van der Waals surface area contributed by atoms with Gasteiger partial charge in [-0.15, -0.1) is 0 Å². The van der Waals surface area contributed by atoms with Crippen LogP contribution in [0.4, 0.5) is 0 Å². The molecule has 5 rings (SSSR count). The maximum atomic E-state index is 13.4. The summed E-state index contributed by atoms with van der Waals surface area (Å²) in [5, 5.41) is 1.02. The van der Waals surface area contributed by atoms with E-state index < -0.39 is 0 Å². The van der Waals surface area contributed by atoms with Crippen molar-refractivity contribution in [2.24, 2.45) is 5.92 Å². The minimum Gasteiger partial charge on any atom is -0.460 e. The molecular formula is C23H20Cl2N2O3. The molecule has 2 unspecified atom stereocenters. The number of hydrogen-bond acceptors (Lipinski definition) is 3. The van der Waals surface area contributed by atoms with Crippen LogP contribution >= 0.6 is 23.2 Å². The Labute approximate surface area is 183 Å². The average molecular weight is 443 g/mol. The van der Waals surface area contributed by atoms with Gasteiger partial charge in [0.2, 0.25) is 0 Å². The molecule has 0 saturated carbocycles. The van der Waals surface area contributed by atoms with E-state index in [0.717, 1.165) is 12.1 Å². The topological polar surface area (TPSA) is 55.5 Å². The first-order valence-electron chi connectivity index (χ1n) is 9.95. The van der Waals surface area contributed by atoms with E-state index in [-0.39, 0.29) is 23.3 Å². The van der Waals surface area contributed by atoms with E-state index in [4.69, 9.17) is 27.6 Å². The molecule has 3 aromatic rings. The van der Waals surface area contributed by atoms with Crippen molar-refractivity contribution in [2.75, 3.05) is 13.1 Å². The number of likely N-dealkylation sites (tertiary alicyclic amines) is 1. The normalized spacial score (nSPS) is 20.2. The molecule has 1 fully saturated rings. The third kappa shape index (κ3) is 3.26. The van der Waals surface area contributed by atoms with E-state index in [0.29, 0.717) is 52.3 Å². The fourth-order valence-corrected chi connectivity index (χ4v) is 5.25. The van der Waals surface area contributed by atoms with Crippen LogP contribution in [0.3, 0.4) is 0 Å². The van der Waals surface area contributed by atoms with Crippen molar-refractivity contribution in [3.8, 4) is 11.3 Å². The maximum absolute atomic E-state index is 13.4. The summed E-state index contributed by atoms with van der Waals surface area (Å²) < 4.78 is 7.74. The number of furan rings is 1. The Morgan fingerprint density at radius 2 is 1.93 bits per heavy atom. The van der Waals surface area contributed by atoms with Gasteiger partial charge in [0.15, 0.2) is 0 Å². The summed E-state index contributed by atoms with van der Waals surface area (Å²) >= 11 is 12.3. The van der Waals surface area contributed by atoms with E-state index >= 15 is 0 Å². The maximum Gasteiger partial charge on any atom is 0.257 e. The monoisotopic (exact) mass is 442 g/mol. The highest BCUT2D eigenvalue weighted by Crippen LogP contribution is 2.37. The Balaban J connectivity index is 1.44. The predicted octanol–water partition coefficient (Wildman–Crippen LogP) is 4.98. The number of amides is 1. The molecule has 2 atom stereocenters. The van der Waals surface area contributed by atoms with E-state index in [1.54, 1.807) is 43.3 Å². The Hall–Kier alpha value is -2.50. The van der Waals surface area contributed by atoms with Gasteiger partial charge < -0.3 is 13.9 Å². The predicted molar refractivity (Wildman–Crippen MR) is 116 cm³/mol. The highest BCUT2D eigenvalue weighted by Gasteiger charge is 2.37. The van der Waals surface area contributed by atoms with E-state index in [2.05, 4.69) is 0 Å². The lowest BCUT2D eigenvalue weighted by molar-refractivity contribution is 0.0593. The molecule has 4 heterocycles. The lowest BCUT2D eigenvalue weighted by atomic mass is 9.83. The molecule has 2 aliphatic heterocycles. The van der Waals surface area contributed by atoms with Gasteiger partial charge in [0, 0.05) is 47.9 Å². The van der Waals surface area contributed by atoms with E-state index in [9.17, 15) is 9.59 Å². The molecule has 0 N–H and O–H groups in total. The minimum absolute atomic E-state index is 0.0390. The number of nitrogens with zero attached hydrogens (tertiary/aromatic N) is 2. The first kappa shape index (κ1) is 19.5. The SMILES string of the molecule is Cc1oc(-c2ccc(Cl)cc2Cl)cc1C(=O)N1CC2CC(C1)c1cccc(=O)n1C2. The molecule has 0 aliphatic carbocycles. The molecule has 2 bridgehead atoms. The number of rotatable bonds is 2. The number of benzene rings is 1. The van der Waals surface area contributed by atoms with E-state index in [1.165, 1.54) is 0 Å². The zero-order valence-corrected chi connectivity index (χ0v) is 17.9. The highest BCUT2D eigenvalue weighted by atomic mass is 35.5. The van der Waals surface area contributed by atoms with Crippen molar-refractivity contribution in [1.29, 1.82) is 0 Å². The number of pyridine rings is 1. The Morgan fingerprint density at radius 3 is 2.73 bits per heavy atom. The van der Waals surface area contributed by atoms with Crippen LogP contribution in [0.15, 0.2) is 51.7 Å². The second-order valence-electron chi connectivity index (χ2n) is 8.11. The summed E-state index contributed by atoms with van der Waals surface area (Å²) in [6.07, 6.45) is 1.00. The number of hydrogen-bond donors (Lipinski definition) is 0. The molecule has 1 aromatic carbocycles. The van der Waals surface area contributed by atoms with Crippen molar-refractivity contribution >= 4 is 29.1 Å². The van der Waals surface area contributed by atoms with Crippen LogP contribution in [0.25, 0.3) is 11.3 Å². The fourth-order valence-electron chi connectivity index (χ4n) is 4.75. The summed E-state index contributed by atoms with van der Waals surface area (Å²) in [6.45, 7) is 3.68. The number of aromatic nitrogens is 1. The molecule has 0 spiro atoms. The van der Waals surface area contributed by atoms with Crippen molar-refractivity contribution in [1.82, 2.24) is 9.47 Å². The van der Waals surface area contributed by atoms with Crippen molar-refractivity contribution in [2.45, 2.75) is 25.8 Å². The zero-order chi connectivity index (χ0) is 21.0. The summed E-state index contributed by atoms with van der Waals surface area (Å²) in [4.78, 5) is 27.5. The Morgan fingerprint density at radius 1 is 1.10 bits per heavy atom. The van der Waals surface area contributed by atoms with Crippen molar-refractivity contribution in [3.63, 3.8) is 0 Å². The van der Waals surface area contributed by atoms with Gasteiger partial charge in [-0.05, 0) is 49.6 Å². The number of fused-ring (bicyclic) bond motifs is 4. The smallest absolute Gasteiger partial charge is 0.257 e. The van der Waals surface area contributed by atoms with Crippen molar-refractivity contribution in [3.05, 3.63) is 79.9 Å². The number of halogens is 2. The fraction of sp³-hybridized carbons (Fsp3) is 0.304. The second-order valence-corrected chi connectivity index (χ2v) is 8.96. The van der Waals surface area contributed by atoms with Gasteiger partial charge >= 0.3 is 0 Å². The molecule has 7 heteroatoms. The standard InChI is InChI=1S/C23H20Cl2N2O3/c1-13-18(9-21(30-13)17-6-5-16(24)8-19(17)25)23(29)26-10-14-7-15(12-26)20-3-2-4-22(28)27(20)11-14/h2-6,8-9,14-15H,7,10-12H2,1H3. The second kappa shape index (κ2) is 7.33. The zero-order valence-electron chi connectivity index (χ0n) is 16.4. The number of aryl methyl sites for hydroxylation is 1. The first-order valence-corrected chi connectivity index (χ1v) is 10.7. The van der Waals surface area contributed by atoms with Gasteiger partial charge in [0.25, 0.3) is 11.5 Å². The number of carbonyl (C=O) groups is 1.